The summed E-state index contributed by atoms with van der Waals surface area (Å²) in [6, 6.07) is 7.78. The van der Waals surface area contributed by atoms with Crippen molar-refractivity contribution in [2.45, 2.75) is 47.8 Å². The van der Waals surface area contributed by atoms with Gasteiger partial charge in [-0.15, -0.1) is 0 Å². The van der Waals surface area contributed by atoms with E-state index >= 15 is 0 Å². The second-order valence-electron chi connectivity index (χ2n) is 6.56. The van der Waals surface area contributed by atoms with Crippen LogP contribution in [0.2, 0.25) is 0 Å². The van der Waals surface area contributed by atoms with E-state index in [9.17, 15) is 4.79 Å². The normalized spacial score (nSPS) is 10.9. The molecule has 7 nitrogen and oxygen atoms in total. The number of ether oxygens (including phenoxy) is 1. The summed E-state index contributed by atoms with van der Waals surface area (Å²) in [6.45, 7) is 10.7. The maximum atomic E-state index is 12.6. The third-order valence-corrected chi connectivity index (χ3v) is 4.42. The largest absolute Gasteiger partial charge is 0.488 e. The molecule has 27 heavy (non-hydrogen) atoms. The van der Waals surface area contributed by atoms with Gasteiger partial charge in [0.2, 0.25) is 0 Å². The number of nitrogens with one attached hydrogen (secondary N) is 1. The van der Waals surface area contributed by atoms with Gasteiger partial charge in [-0.2, -0.15) is 5.10 Å². The van der Waals surface area contributed by atoms with Gasteiger partial charge in [0, 0.05) is 18.3 Å². The van der Waals surface area contributed by atoms with Gasteiger partial charge in [-0.25, -0.2) is 0 Å². The number of hydrogen-bond donors (Lipinski definition) is 1. The van der Waals surface area contributed by atoms with Crippen molar-refractivity contribution >= 4 is 11.7 Å². The first-order valence-electron chi connectivity index (χ1n) is 8.90. The van der Waals surface area contributed by atoms with Gasteiger partial charge in [0.1, 0.15) is 18.1 Å². The fourth-order valence-corrected chi connectivity index (χ4v) is 2.92. The first-order valence-corrected chi connectivity index (χ1v) is 8.90. The molecule has 142 valence electrons. The standard InChI is InChI=1S/C20H24N4O3/c1-6-24-14(4)10-18(22-24)21-20(25)19-16(15(5)27-23-19)11-26-17-8-7-12(2)9-13(17)3/h7-10H,6,11H2,1-5H3,(H,21,22,25). The van der Waals surface area contributed by atoms with E-state index in [0.29, 0.717) is 17.1 Å². The number of hydrogen-bond acceptors (Lipinski definition) is 5. The van der Waals surface area contributed by atoms with Crippen LogP contribution in [-0.4, -0.2) is 20.8 Å². The van der Waals surface area contributed by atoms with Crippen molar-refractivity contribution in [3.63, 3.8) is 0 Å². The molecular weight excluding hydrogens is 344 g/mol. The van der Waals surface area contributed by atoms with Gasteiger partial charge in [-0.3, -0.25) is 9.48 Å². The van der Waals surface area contributed by atoms with Crippen molar-refractivity contribution in [1.82, 2.24) is 14.9 Å². The van der Waals surface area contributed by atoms with E-state index in [1.54, 1.807) is 6.92 Å². The Bertz CT molecular complexity index is 972. The Hall–Kier alpha value is -3.09. The van der Waals surface area contributed by atoms with Crippen LogP contribution in [0.15, 0.2) is 28.8 Å². The Balaban J connectivity index is 1.76. The molecule has 2 heterocycles. The SMILES string of the molecule is CCn1nc(NC(=O)c2noc(C)c2COc2ccc(C)cc2C)cc1C. The number of nitrogens with zero attached hydrogens (tertiary/aromatic N) is 3. The summed E-state index contributed by atoms with van der Waals surface area (Å²) < 4.78 is 12.9. The van der Waals surface area contributed by atoms with Crippen molar-refractivity contribution in [2.75, 3.05) is 5.32 Å². The molecule has 1 N–H and O–H groups in total. The van der Waals surface area contributed by atoms with Gasteiger partial charge >= 0.3 is 0 Å². The molecule has 3 aromatic rings. The molecule has 0 unspecified atom stereocenters. The molecule has 0 saturated heterocycles. The van der Waals surface area contributed by atoms with Crippen LogP contribution in [0, 0.1) is 27.7 Å². The topological polar surface area (TPSA) is 82.2 Å². The number of anilines is 1. The molecule has 0 radical (unpaired) electrons. The Labute approximate surface area is 158 Å². The molecule has 1 aromatic carbocycles. The summed E-state index contributed by atoms with van der Waals surface area (Å²) in [7, 11) is 0. The Morgan fingerprint density at radius 3 is 2.67 bits per heavy atom. The van der Waals surface area contributed by atoms with E-state index in [4.69, 9.17) is 9.26 Å². The van der Waals surface area contributed by atoms with Crippen molar-refractivity contribution in [2.24, 2.45) is 0 Å². The number of amides is 1. The minimum atomic E-state index is -0.369. The summed E-state index contributed by atoms with van der Waals surface area (Å²) in [6.07, 6.45) is 0. The molecule has 0 atom stereocenters. The minimum absolute atomic E-state index is 0.199. The molecule has 0 fully saturated rings. The van der Waals surface area contributed by atoms with Gasteiger partial charge in [-0.1, -0.05) is 22.9 Å². The van der Waals surface area contributed by atoms with Crippen LogP contribution in [0.5, 0.6) is 5.75 Å². The molecule has 0 aliphatic heterocycles. The second-order valence-corrected chi connectivity index (χ2v) is 6.56. The lowest BCUT2D eigenvalue weighted by Crippen LogP contribution is -2.16. The highest BCUT2D eigenvalue weighted by Gasteiger charge is 2.21. The Kier molecular flexibility index (Phi) is 5.30. The summed E-state index contributed by atoms with van der Waals surface area (Å²) >= 11 is 0. The van der Waals surface area contributed by atoms with E-state index in [2.05, 4.69) is 21.6 Å². The lowest BCUT2D eigenvalue weighted by molar-refractivity contribution is 0.101. The summed E-state index contributed by atoms with van der Waals surface area (Å²) in [5, 5.41) is 11.0. The van der Waals surface area contributed by atoms with Crippen LogP contribution in [0.1, 0.15) is 45.6 Å². The number of carbonyl (C=O) groups excluding carboxylic acids is 1. The fourth-order valence-electron chi connectivity index (χ4n) is 2.92. The maximum Gasteiger partial charge on any atom is 0.279 e. The summed E-state index contributed by atoms with van der Waals surface area (Å²) in [4.78, 5) is 12.6. The smallest absolute Gasteiger partial charge is 0.279 e. The molecule has 1 amide bonds. The highest BCUT2D eigenvalue weighted by atomic mass is 16.5. The predicted octanol–water partition coefficient (Wildman–Crippen LogP) is 3.96. The van der Waals surface area contributed by atoms with Crippen LogP contribution in [-0.2, 0) is 13.2 Å². The van der Waals surface area contributed by atoms with Crippen LogP contribution < -0.4 is 10.1 Å². The fraction of sp³-hybridized carbons (Fsp3) is 0.350. The number of aryl methyl sites for hydroxylation is 5. The van der Waals surface area contributed by atoms with Crippen LogP contribution in [0.3, 0.4) is 0 Å². The Morgan fingerprint density at radius 2 is 2.00 bits per heavy atom. The van der Waals surface area contributed by atoms with Crippen molar-refractivity contribution in [3.8, 4) is 5.75 Å². The van der Waals surface area contributed by atoms with E-state index in [1.165, 1.54) is 5.56 Å². The number of aromatic nitrogens is 3. The lowest BCUT2D eigenvalue weighted by atomic mass is 10.1. The predicted molar refractivity (Wildman–Crippen MR) is 102 cm³/mol. The quantitative estimate of drug-likeness (QED) is 0.712. The zero-order chi connectivity index (χ0) is 19.6. The van der Waals surface area contributed by atoms with E-state index < -0.39 is 0 Å². The zero-order valence-electron chi connectivity index (χ0n) is 16.3. The second kappa shape index (κ2) is 7.65. The monoisotopic (exact) mass is 368 g/mol. The molecule has 7 heteroatoms. The van der Waals surface area contributed by atoms with Gasteiger partial charge < -0.3 is 14.6 Å². The molecule has 0 aliphatic rings. The number of carbonyl (C=O) groups is 1. The molecule has 0 bridgehead atoms. The summed E-state index contributed by atoms with van der Waals surface area (Å²) in [5.74, 6) is 1.44. The molecule has 0 spiro atoms. The average Bonchev–Trinajstić information content (AvgIpc) is 3.16. The first-order chi connectivity index (χ1) is 12.9. The van der Waals surface area contributed by atoms with Gasteiger partial charge in [-0.05, 0) is 46.2 Å². The highest BCUT2D eigenvalue weighted by Crippen LogP contribution is 2.22. The van der Waals surface area contributed by atoms with Gasteiger partial charge in [0.15, 0.2) is 11.5 Å². The van der Waals surface area contributed by atoms with Crippen LogP contribution in [0.25, 0.3) is 0 Å². The van der Waals surface area contributed by atoms with Crippen LogP contribution in [0.4, 0.5) is 5.82 Å². The first kappa shape index (κ1) is 18.7. The zero-order valence-corrected chi connectivity index (χ0v) is 16.3. The molecule has 0 saturated carbocycles. The molecule has 3 rings (SSSR count). The van der Waals surface area contributed by atoms with E-state index in [-0.39, 0.29) is 18.2 Å². The van der Waals surface area contributed by atoms with Gasteiger partial charge in [0.25, 0.3) is 5.91 Å². The van der Waals surface area contributed by atoms with Crippen molar-refractivity contribution in [3.05, 3.63) is 58.1 Å². The minimum Gasteiger partial charge on any atom is -0.488 e. The molecule has 2 aromatic heterocycles. The molecule has 0 aliphatic carbocycles. The Morgan fingerprint density at radius 1 is 1.22 bits per heavy atom. The van der Waals surface area contributed by atoms with Crippen molar-refractivity contribution < 1.29 is 14.1 Å². The highest BCUT2D eigenvalue weighted by molar-refractivity contribution is 6.03. The average molecular weight is 368 g/mol. The van der Waals surface area contributed by atoms with E-state index in [1.807, 2.05) is 50.6 Å². The lowest BCUT2D eigenvalue weighted by Gasteiger charge is -2.10. The third kappa shape index (κ3) is 4.02. The van der Waals surface area contributed by atoms with E-state index in [0.717, 1.165) is 23.6 Å². The molecular formula is C20H24N4O3. The maximum absolute atomic E-state index is 12.6. The third-order valence-electron chi connectivity index (χ3n) is 4.42. The summed E-state index contributed by atoms with van der Waals surface area (Å²) in [5.41, 5.74) is 4.01. The van der Waals surface area contributed by atoms with Gasteiger partial charge in [0.05, 0.1) is 5.56 Å². The van der Waals surface area contributed by atoms with Crippen molar-refractivity contribution in [1.29, 1.82) is 0 Å². The van der Waals surface area contributed by atoms with Crippen LogP contribution >= 0.6 is 0 Å². The number of benzene rings is 1. The number of rotatable bonds is 6.